The van der Waals surface area contributed by atoms with E-state index in [9.17, 15) is 5.11 Å². The summed E-state index contributed by atoms with van der Waals surface area (Å²) in [4.78, 5) is 9.13. The highest BCUT2D eigenvalue weighted by molar-refractivity contribution is 5.78. The number of aliphatic hydroxyl groups is 1. The summed E-state index contributed by atoms with van der Waals surface area (Å²) in [6.07, 6.45) is 2.05. The molecule has 0 amide bonds. The minimum absolute atomic E-state index is 0.0535. The number of rotatable bonds is 6. The van der Waals surface area contributed by atoms with Crippen LogP contribution in [0.15, 0.2) is 30.3 Å². The first-order chi connectivity index (χ1) is 14.0. The van der Waals surface area contributed by atoms with Crippen molar-refractivity contribution in [3.8, 4) is 5.75 Å². The van der Waals surface area contributed by atoms with E-state index >= 15 is 0 Å². The van der Waals surface area contributed by atoms with Crippen LogP contribution in [0.5, 0.6) is 5.75 Å². The molecule has 1 atom stereocenters. The lowest BCUT2D eigenvalue weighted by atomic mass is 10.1. The first-order valence-corrected chi connectivity index (χ1v) is 10.4. The van der Waals surface area contributed by atoms with E-state index in [1.165, 1.54) is 5.56 Å². The van der Waals surface area contributed by atoms with Crippen LogP contribution in [0.25, 0.3) is 0 Å². The fraction of sp³-hybridized carbons (Fsp3) is 0.500. The topological polar surface area (TPSA) is 83.9 Å². The molecule has 7 nitrogen and oxygen atoms in total. The van der Waals surface area contributed by atoms with E-state index < -0.39 is 0 Å². The van der Waals surface area contributed by atoms with Crippen molar-refractivity contribution in [2.24, 2.45) is 0 Å². The molecule has 1 aromatic carbocycles. The Bertz CT molecular complexity index is 851. The highest BCUT2D eigenvalue weighted by Crippen LogP contribution is 2.38. The zero-order valence-corrected chi connectivity index (χ0v) is 17.2. The molecule has 0 bridgehead atoms. The highest BCUT2D eigenvalue weighted by Gasteiger charge is 2.32. The number of aliphatic hydroxyl groups excluding tert-OH is 1. The molecule has 29 heavy (non-hydrogen) atoms. The SMILES string of the molecule is Cc1ccc(O)c(CN2c3cccc(C)c3NC2NC2CCN(CCO)CC2)n1. The number of pyridine rings is 1. The van der Waals surface area contributed by atoms with Crippen molar-refractivity contribution in [3.05, 3.63) is 47.3 Å². The molecule has 2 aromatic rings. The Morgan fingerprint density at radius 3 is 2.72 bits per heavy atom. The molecule has 0 spiro atoms. The van der Waals surface area contributed by atoms with Gasteiger partial charge in [-0.15, -0.1) is 0 Å². The number of benzene rings is 1. The van der Waals surface area contributed by atoms with Gasteiger partial charge in [0, 0.05) is 18.3 Å². The van der Waals surface area contributed by atoms with E-state index in [4.69, 9.17) is 5.11 Å². The van der Waals surface area contributed by atoms with Crippen molar-refractivity contribution < 1.29 is 10.2 Å². The molecule has 156 valence electrons. The lowest BCUT2D eigenvalue weighted by Crippen LogP contribution is -2.54. The Kier molecular flexibility index (Phi) is 5.89. The van der Waals surface area contributed by atoms with Crippen molar-refractivity contribution in [3.63, 3.8) is 0 Å². The van der Waals surface area contributed by atoms with Gasteiger partial charge in [-0.25, -0.2) is 0 Å². The van der Waals surface area contributed by atoms with Crippen molar-refractivity contribution in [1.29, 1.82) is 0 Å². The number of piperidine rings is 1. The number of hydrogen-bond donors (Lipinski definition) is 4. The zero-order valence-electron chi connectivity index (χ0n) is 17.2. The molecular weight excluding hydrogens is 366 g/mol. The molecule has 1 aromatic heterocycles. The Balaban J connectivity index is 1.53. The third-order valence-electron chi connectivity index (χ3n) is 5.96. The number of nitrogens with one attached hydrogen (secondary N) is 2. The lowest BCUT2D eigenvalue weighted by Gasteiger charge is -2.36. The van der Waals surface area contributed by atoms with Crippen molar-refractivity contribution in [1.82, 2.24) is 15.2 Å². The Morgan fingerprint density at radius 1 is 1.17 bits per heavy atom. The number of aromatic nitrogens is 1. The van der Waals surface area contributed by atoms with Crippen molar-refractivity contribution in [2.45, 2.75) is 45.6 Å². The van der Waals surface area contributed by atoms with Gasteiger partial charge in [-0.3, -0.25) is 10.3 Å². The average molecular weight is 398 g/mol. The molecule has 7 heteroatoms. The third kappa shape index (κ3) is 4.32. The van der Waals surface area contributed by atoms with Crippen LogP contribution in [0.2, 0.25) is 0 Å². The Morgan fingerprint density at radius 2 is 1.97 bits per heavy atom. The first kappa shape index (κ1) is 19.9. The van der Waals surface area contributed by atoms with E-state index in [0.717, 1.165) is 49.5 Å². The van der Waals surface area contributed by atoms with Gasteiger partial charge in [0.05, 0.1) is 24.5 Å². The van der Waals surface area contributed by atoms with Gasteiger partial charge in [-0.05, 0) is 63.5 Å². The number of para-hydroxylation sites is 1. The minimum Gasteiger partial charge on any atom is -0.506 e. The van der Waals surface area contributed by atoms with Crippen molar-refractivity contribution in [2.75, 3.05) is 36.5 Å². The van der Waals surface area contributed by atoms with E-state index in [2.05, 4.69) is 50.5 Å². The highest BCUT2D eigenvalue weighted by atomic mass is 16.3. The Hall–Kier alpha value is -2.35. The monoisotopic (exact) mass is 397 g/mol. The largest absolute Gasteiger partial charge is 0.506 e. The second-order valence-corrected chi connectivity index (χ2v) is 8.07. The van der Waals surface area contributed by atoms with Gasteiger partial charge >= 0.3 is 0 Å². The summed E-state index contributed by atoms with van der Waals surface area (Å²) in [5.41, 5.74) is 5.05. The van der Waals surface area contributed by atoms with E-state index in [1.54, 1.807) is 6.07 Å². The molecular formula is C22H31N5O2. The lowest BCUT2D eigenvalue weighted by molar-refractivity contribution is 0.154. The van der Waals surface area contributed by atoms with Crippen LogP contribution in [0.1, 0.15) is 29.8 Å². The van der Waals surface area contributed by atoms with Crippen LogP contribution in [-0.2, 0) is 6.54 Å². The number of β-amino-alcohol motifs (C(OH)–C–C–N with tert-alkyl or cyclic N) is 1. The quantitative estimate of drug-likeness (QED) is 0.595. The number of anilines is 2. The van der Waals surface area contributed by atoms with Gasteiger partial charge < -0.3 is 25.3 Å². The smallest absolute Gasteiger partial charge is 0.156 e. The number of aryl methyl sites for hydroxylation is 2. The summed E-state index contributed by atoms with van der Waals surface area (Å²) >= 11 is 0. The molecule has 2 aliphatic rings. The van der Waals surface area contributed by atoms with Crippen LogP contribution < -0.4 is 15.5 Å². The number of likely N-dealkylation sites (tertiary alicyclic amines) is 1. The van der Waals surface area contributed by atoms with E-state index in [0.29, 0.717) is 18.3 Å². The summed E-state index contributed by atoms with van der Waals surface area (Å²) in [5, 5.41) is 26.9. The molecule has 0 saturated carbocycles. The molecule has 4 rings (SSSR count). The number of hydrogen-bond acceptors (Lipinski definition) is 7. The minimum atomic E-state index is -0.0535. The molecule has 4 N–H and O–H groups in total. The maximum absolute atomic E-state index is 10.3. The van der Waals surface area contributed by atoms with Crippen molar-refractivity contribution >= 4 is 11.4 Å². The fourth-order valence-electron chi connectivity index (χ4n) is 4.31. The first-order valence-electron chi connectivity index (χ1n) is 10.4. The van der Waals surface area contributed by atoms with Crippen LogP contribution in [0, 0.1) is 13.8 Å². The van der Waals surface area contributed by atoms with Gasteiger partial charge in [0.15, 0.2) is 6.29 Å². The fourth-order valence-corrected chi connectivity index (χ4v) is 4.31. The van der Waals surface area contributed by atoms with Crippen LogP contribution in [0.3, 0.4) is 0 Å². The average Bonchev–Trinajstić information content (AvgIpc) is 3.05. The molecule has 3 heterocycles. The van der Waals surface area contributed by atoms with Crippen LogP contribution in [-0.4, -0.2) is 58.7 Å². The van der Waals surface area contributed by atoms with Gasteiger partial charge in [-0.2, -0.15) is 0 Å². The summed E-state index contributed by atoms with van der Waals surface area (Å²) in [6, 6.07) is 10.3. The van der Waals surface area contributed by atoms with Gasteiger partial charge in [0.1, 0.15) is 11.4 Å². The standard InChI is InChI=1S/C22H31N5O2/c1-15-4-3-5-19-21(15)25-22(24-17-8-10-26(11-9-17)12-13-28)27(19)14-18-20(29)7-6-16(2)23-18/h3-7,17,22,24-25,28-29H,8-14H2,1-2H3. The second kappa shape index (κ2) is 8.57. The molecule has 1 saturated heterocycles. The molecule has 0 aliphatic carbocycles. The second-order valence-electron chi connectivity index (χ2n) is 8.07. The normalized spacial score (nSPS) is 20.0. The molecule has 0 radical (unpaired) electrons. The number of fused-ring (bicyclic) bond motifs is 1. The van der Waals surface area contributed by atoms with Gasteiger partial charge in [0.25, 0.3) is 0 Å². The molecule has 1 fully saturated rings. The Labute approximate surface area is 172 Å². The summed E-state index contributed by atoms with van der Waals surface area (Å²) in [5.74, 6) is 0.229. The summed E-state index contributed by atoms with van der Waals surface area (Å²) in [7, 11) is 0. The van der Waals surface area contributed by atoms with Gasteiger partial charge in [0.2, 0.25) is 0 Å². The predicted molar refractivity (Wildman–Crippen MR) is 115 cm³/mol. The number of aromatic hydroxyl groups is 1. The van der Waals surface area contributed by atoms with Crippen LogP contribution in [0.4, 0.5) is 11.4 Å². The molecule has 2 aliphatic heterocycles. The number of nitrogens with zero attached hydrogens (tertiary/aromatic N) is 3. The van der Waals surface area contributed by atoms with Crippen LogP contribution >= 0.6 is 0 Å². The van der Waals surface area contributed by atoms with E-state index in [1.807, 2.05) is 13.0 Å². The predicted octanol–water partition coefficient (Wildman–Crippen LogP) is 2.17. The third-order valence-corrected chi connectivity index (χ3v) is 5.96. The summed E-state index contributed by atoms with van der Waals surface area (Å²) in [6.45, 7) is 7.55. The van der Waals surface area contributed by atoms with Gasteiger partial charge in [-0.1, -0.05) is 12.1 Å². The molecule has 1 unspecified atom stereocenters. The summed E-state index contributed by atoms with van der Waals surface area (Å²) < 4.78 is 0. The van der Waals surface area contributed by atoms with E-state index in [-0.39, 0.29) is 18.6 Å². The zero-order chi connectivity index (χ0) is 20.4. The maximum atomic E-state index is 10.3. The maximum Gasteiger partial charge on any atom is 0.156 e.